The summed E-state index contributed by atoms with van der Waals surface area (Å²) in [6, 6.07) is 8.55. The Kier molecular flexibility index (Phi) is 7.89. The van der Waals surface area contributed by atoms with Crippen molar-refractivity contribution in [2.24, 2.45) is 0 Å². The van der Waals surface area contributed by atoms with Gasteiger partial charge in [0.1, 0.15) is 18.4 Å². The lowest BCUT2D eigenvalue weighted by atomic mass is 10.2. The second-order valence-corrected chi connectivity index (χ2v) is 8.92. The first-order valence-corrected chi connectivity index (χ1v) is 11.8. The molecular formula is C21H27N3O7S. The number of amides is 1. The Morgan fingerprint density at radius 3 is 2.31 bits per heavy atom. The van der Waals surface area contributed by atoms with Gasteiger partial charge in [0, 0.05) is 18.7 Å². The number of sulfonamides is 1. The predicted molar refractivity (Wildman–Crippen MR) is 114 cm³/mol. The van der Waals surface area contributed by atoms with Crippen molar-refractivity contribution in [1.82, 2.24) is 14.8 Å². The van der Waals surface area contributed by atoms with Crippen LogP contribution in [0, 0.1) is 0 Å². The number of carbonyl (C=O) groups excluding carboxylic acids is 1. The lowest BCUT2D eigenvalue weighted by molar-refractivity contribution is -0.132. The minimum Gasteiger partial charge on any atom is -0.489 e. The van der Waals surface area contributed by atoms with Crippen LogP contribution in [0.15, 0.2) is 41.3 Å². The monoisotopic (exact) mass is 465 g/mol. The van der Waals surface area contributed by atoms with E-state index in [-0.39, 0.29) is 18.0 Å². The summed E-state index contributed by atoms with van der Waals surface area (Å²) in [7, 11) is -3.89. The smallest absolute Gasteiger partial charge is 0.261 e. The third-order valence-electron chi connectivity index (χ3n) is 4.87. The van der Waals surface area contributed by atoms with Crippen LogP contribution >= 0.6 is 0 Å². The van der Waals surface area contributed by atoms with Gasteiger partial charge in [-0.1, -0.05) is 0 Å². The van der Waals surface area contributed by atoms with E-state index in [1.54, 1.807) is 24.3 Å². The second kappa shape index (κ2) is 10.6. The number of rotatable bonds is 10. The zero-order chi connectivity index (χ0) is 23.1. The molecule has 11 heteroatoms. The molecule has 1 aliphatic rings. The van der Waals surface area contributed by atoms with Crippen LogP contribution in [0.5, 0.6) is 17.5 Å². The molecule has 32 heavy (non-hydrogen) atoms. The minimum atomic E-state index is -3.89. The molecule has 0 aliphatic carbocycles. The number of nitrogens with one attached hydrogen (secondary N) is 1. The number of nitrogens with zero attached hydrogens (tertiary/aromatic N) is 2. The maximum Gasteiger partial charge on any atom is 0.261 e. The van der Waals surface area contributed by atoms with E-state index in [1.165, 1.54) is 17.6 Å². The van der Waals surface area contributed by atoms with Gasteiger partial charge < -0.3 is 14.2 Å². The van der Waals surface area contributed by atoms with Gasteiger partial charge in [-0.05, 0) is 56.5 Å². The molecule has 1 saturated heterocycles. The standard InChI is InChI=1S/C21H27N3O7S/c1-3-29-19-12-15(13-20(22-19)30-4-2)14-31-16-7-9-17(10-8-16)32(27,28)24-11-5-6-18(24)21(25)23-26/h7-10,12-13,18,26H,3-6,11,14H2,1-2H3,(H,23,25)/t18-/m1/s1. The van der Waals surface area contributed by atoms with Crippen molar-refractivity contribution in [1.29, 1.82) is 0 Å². The first-order chi connectivity index (χ1) is 15.4. The highest BCUT2D eigenvalue weighted by atomic mass is 32.2. The van der Waals surface area contributed by atoms with Crippen molar-refractivity contribution in [2.75, 3.05) is 19.8 Å². The SMILES string of the molecule is CCOc1cc(COc2ccc(S(=O)(=O)N3CCC[C@@H]3C(=O)NO)cc2)cc(OCC)n1. The topological polar surface area (TPSA) is 127 Å². The summed E-state index contributed by atoms with van der Waals surface area (Å²) in [6.07, 6.45) is 0.893. The lowest BCUT2D eigenvalue weighted by Crippen LogP contribution is -2.44. The van der Waals surface area contributed by atoms with Gasteiger partial charge in [-0.2, -0.15) is 9.29 Å². The zero-order valence-corrected chi connectivity index (χ0v) is 18.8. The quantitative estimate of drug-likeness (QED) is 0.403. The number of ether oxygens (including phenoxy) is 3. The van der Waals surface area contributed by atoms with Gasteiger partial charge in [-0.3, -0.25) is 10.0 Å². The summed E-state index contributed by atoms with van der Waals surface area (Å²) in [5.74, 6) is 0.611. The molecule has 1 fully saturated rings. The fourth-order valence-electron chi connectivity index (χ4n) is 3.43. The van der Waals surface area contributed by atoms with Crippen molar-refractivity contribution >= 4 is 15.9 Å². The largest absolute Gasteiger partial charge is 0.489 e. The highest BCUT2D eigenvalue weighted by molar-refractivity contribution is 7.89. The molecule has 3 rings (SSSR count). The summed E-state index contributed by atoms with van der Waals surface area (Å²) in [4.78, 5) is 16.1. The normalized spacial score (nSPS) is 16.5. The Hall–Kier alpha value is -2.89. The van der Waals surface area contributed by atoms with Crippen molar-refractivity contribution in [3.63, 3.8) is 0 Å². The maximum absolute atomic E-state index is 12.9. The number of carbonyl (C=O) groups is 1. The maximum atomic E-state index is 12.9. The third-order valence-corrected chi connectivity index (χ3v) is 6.80. The van der Waals surface area contributed by atoms with Crippen molar-refractivity contribution in [3.8, 4) is 17.5 Å². The minimum absolute atomic E-state index is 0.0451. The molecule has 1 aliphatic heterocycles. The first-order valence-electron chi connectivity index (χ1n) is 10.3. The van der Waals surface area contributed by atoms with E-state index >= 15 is 0 Å². The summed E-state index contributed by atoms with van der Waals surface area (Å²) in [5.41, 5.74) is 2.33. The molecular weight excluding hydrogens is 438 g/mol. The van der Waals surface area contributed by atoms with Gasteiger partial charge in [0.05, 0.1) is 18.1 Å². The Labute approximate surface area is 187 Å². The van der Waals surface area contributed by atoms with Crippen LogP contribution in [0.2, 0.25) is 0 Å². The van der Waals surface area contributed by atoms with Crippen LogP contribution < -0.4 is 19.7 Å². The van der Waals surface area contributed by atoms with Gasteiger partial charge in [0.15, 0.2) is 0 Å². The van der Waals surface area contributed by atoms with Crippen LogP contribution in [0.25, 0.3) is 0 Å². The van der Waals surface area contributed by atoms with Crippen molar-refractivity contribution < 1.29 is 32.6 Å². The zero-order valence-electron chi connectivity index (χ0n) is 18.0. The molecule has 174 valence electrons. The third kappa shape index (κ3) is 5.47. The van der Waals surface area contributed by atoms with E-state index in [0.717, 1.165) is 9.87 Å². The summed E-state index contributed by atoms with van der Waals surface area (Å²) in [5, 5.41) is 8.88. The Morgan fingerprint density at radius 2 is 1.75 bits per heavy atom. The molecule has 2 aromatic rings. The van der Waals surface area contributed by atoms with Gasteiger partial charge in [0.2, 0.25) is 21.8 Å². The molecule has 0 radical (unpaired) electrons. The Morgan fingerprint density at radius 1 is 1.12 bits per heavy atom. The molecule has 1 aromatic heterocycles. The number of pyridine rings is 1. The van der Waals surface area contributed by atoms with E-state index < -0.39 is 22.0 Å². The Bertz CT molecular complexity index is 1000. The van der Waals surface area contributed by atoms with Crippen LogP contribution in [-0.2, 0) is 21.4 Å². The number of hydrogen-bond donors (Lipinski definition) is 2. The molecule has 2 N–H and O–H groups in total. The molecule has 0 spiro atoms. The second-order valence-electron chi connectivity index (χ2n) is 7.03. The van der Waals surface area contributed by atoms with Crippen LogP contribution in [0.3, 0.4) is 0 Å². The molecule has 2 heterocycles. The number of hydrogen-bond acceptors (Lipinski definition) is 8. The highest BCUT2D eigenvalue weighted by Crippen LogP contribution is 2.28. The van der Waals surface area contributed by atoms with Crippen LogP contribution in [0.4, 0.5) is 0 Å². The van der Waals surface area contributed by atoms with Crippen LogP contribution in [-0.4, -0.2) is 54.6 Å². The molecule has 0 unspecified atom stereocenters. The lowest BCUT2D eigenvalue weighted by Gasteiger charge is -2.22. The Balaban J connectivity index is 1.70. The molecule has 1 aromatic carbocycles. The average Bonchev–Trinajstić information content (AvgIpc) is 3.29. The fraction of sp³-hybridized carbons (Fsp3) is 0.429. The van der Waals surface area contributed by atoms with Gasteiger partial charge >= 0.3 is 0 Å². The summed E-state index contributed by atoms with van der Waals surface area (Å²) >= 11 is 0. The highest BCUT2D eigenvalue weighted by Gasteiger charge is 2.39. The van der Waals surface area contributed by atoms with Crippen molar-refractivity contribution in [2.45, 2.75) is 44.2 Å². The molecule has 0 bridgehead atoms. The van der Waals surface area contributed by atoms with Gasteiger partial charge in [-0.25, -0.2) is 13.9 Å². The van der Waals surface area contributed by atoms with E-state index in [4.69, 9.17) is 19.4 Å². The molecule has 1 atom stereocenters. The van der Waals surface area contributed by atoms with Gasteiger partial charge in [-0.15, -0.1) is 0 Å². The summed E-state index contributed by atoms with van der Waals surface area (Å²) in [6.45, 7) is 5.08. The number of benzene rings is 1. The van der Waals surface area contributed by atoms with E-state index in [1.807, 2.05) is 13.8 Å². The fourth-order valence-corrected chi connectivity index (χ4v) is 5.09. The van der Waals surface area contributed by atoms with E-state index in [0.29, 0.717) is 43.6 Å². The molecule has 0 saturated carbocycles. The van der Waals surface area contributed by atoms with Crippen LogP contribution in [0.1, 0.15) is 32.3 Å². The van der Waals surface area contributed by atoms with Gasteiger partial charge in [0.25, 0.3) is 5.91 Å². The van der Waals surface area contributed by atoms with E-state index in [2.05, 4.69) is 4.98 Å². The summed E-state index contributed by atoms with van der Waals surface area (Å²) < 4.78 is 43.7. The molecule has 1 amide bonds. The average molecular weight is 466 g/mol. The van der Waals surface area contributed by atoms with E-state index in [9.17, 15) is 13.2 Å². The molecule has 10 nitrogen and oxygen atoms in total. The van der Waals surface area contributed by atoms with Crippen molar-refractivity contribution in [3.05, 3.63) is 42.0 Å². The number of hydroxylamine groups is 1. The predicted octanol–water partition coefficient (Wildman–Crippen LogP) is 2.12. The number of aromatic nitrogens is 1. The first kappa shape index (κ1) is 23.8.